The largest absolute Gasteiger partial charge is 0.316 e. The van der Waals surface area contributed by atoms with Crippen molar-refractivity contribution in [1.29, 1.82) is 0 Å². The molecule has 1 aromatic rings. The fraction of sp³-hybridized carbons (Fsp3) is 0.625. The van der Waals surface area contributed by atoms with E-state index in [1.807, 2.05) is 19.2 Å². The van der Waals surface area contributed by atoms with Gasteiger partial charge >= 0.3 is 0 Å². The first-order valence-corrected chi connectivity index (χ1v) is 9.26. The smallest absolute Gasteiger partial charge is 0.243 e. The summed E-state index contributed by atoms with van der Waals surface area (Å²) < 4.78 is 27.3. The standard InChI is InChI=1S/C16H26N2O2S/c1-4-13-8-9-16(11-14(13)5-2)21(19,20)18-10-6-7-15(12-18)17-3/h8-9,11,15,17H,4-7,10,12H2,1-3H3. The van der Waals surface area contributed by atoms with Crippen LogP contribution >= 0.6 is 0 Å². The van der Waals surface area contributed by atoms with Crippen molar-refractivity contribution in [2.24, 2.45) is 0 Å². The Morgan fingerprint density at radius 2 is 1.95 bits per heavy atom. The molecule has 1 atom stereocenters. The average molecular weight is 310 g/mol. The Balaban J connectivity index is 2.30. The first-order valence-electron chi connectivity index (χ1n) is 7.82. The lowest BCUT2D eigenvalue weighted by Crippen LogP contribution is -2.46. The fourth-order valence-corrected chi connectivity index (χ4v) is 4.56. The summed E-state index contributed by atoms with van der Waals surface area (Å²) in [6.07, 6.45) is 3.76. The zero-order valence-electron chi connectivity index (χ0n) is 13.2. The molecule has 0 bridgehead atoms. The van der Waals surface area contributed by atoms with E-state index in [2.05, 4.69) is 19.2 Å². The van der Waals surface area contributed by atoms with E-state index in [0.29, 0.717) is 18.0 Å². The van der Waals surface area contributed by atoms with E-state index < -0.39 is 10.0 Å². The van der Waals surface area contributed by atoms with Gasteiger partial charge in [-0.05, 0) is 56.0 Å². The van der Waals surface area contributed by atoms with Crippen LogP contribution < -0.4 is 5.32 Å². The molecule has 1 fully saturated rings. The van der Waals surface area contributed by atoms with E-state index in [1.165, 1.54) is 5.56 Å². The van der Waals surface area contributed by atoms with Crippen LogP contribution in [0.1, 0.15) is 37.8 Å². The third-order valence-corrected chi connectivity index (χ3v) is 6.23. The van der Waals surface area contributed by atoms with Crippen LogP contribution in [0.5, 0.6) is 0 Å². The number of rotatable bonds is 5. The molecule has 1 aliphatic heterocycles. The summed E-state index contributed by atoms with van der Waals surface area (Å²) in [6.45, 7) is 5.36. The molecule has 0 aliphatic carbocycles. The third kappa shape index (κ3) is 3.47. The number of nitrogens with zero attached hydrogens (tertiary/aromatic N) is 1. The molecule has 2 rings (SSSR count). The Bertz CT molecular complexity index is 584. The van der Waals surface area contributed by atoms with Crippen LogP contribution in [-0.4, -0.2) is 38.9 Å². The van der Waals surface area contributed by atoms with E-state index in [0.717, 1.165) is 31.2 Å². The van der Waals surface area contributed by atoms with Gasteiger partial charge in [0.2, 0.25) is 10.0 Å². The lowest BCUT2D eigenvalue weighted by molar-refractivity contribution is 0.293. The number of hydrogen-bond donors (Lipinski definition) is 1. The van der Waals surface area contributed by atoms with Gasteiger partial charge in [-0.1, -0.05) is 19.9 Å². The minimum Gasteiger partial charge on any atom is -0.316 e. The van der Waals surface area contributed by atoms with Gasteiger partial charge in [-0.25, -0.2) is 8.42 Å². The molecule has 1 aliphatic rings. The third-order valence-electron chi connectivity index (χ3n) is 4.37. The highest BCUT2D eigenvalue weighted by Crippen LogP contribution is 2.23. The van der Waals surface area contributed by atoms with Crippen molar-refractivity contribution in [3.05, 3.63) is 29.3 Å². The highest BCUT2D eigenvalue weighted by atomic mass is 32.2. The molecule has 1 unspecified atom stereocenters. The van der Waals surface area contributed by atoms with Gasteiger partial charge < -0.3 is 5.32 Å². The minimum atomic E-state index is -3.37. The lowest BCUT2D eigenvalue weighted by atomic mass is 10.0. The summed E-state index contributed by atoms with van der Waals surface area (Å²) in [5, 5.41) is 3.19. The maximum Gasteiger partial charge on any atom is 0.243 e. The second kappa shape index (κ2) is 6.90. The van der Waals surface area contributed by atoms with Crippen molar-refractivity contribution < 1.29 is 8.42 Å². The molecule has 0 saturated carbocycles. The summed E-state index contributed by atoms with van der Waals surface area (Å²) in [4.78, 5) is 0.438. The number of sulfonamides is 1. The van der Waals surface area contributed by atoms with Crippen molar-refractivity contribution in [2.45, 2.75) is 50.5 Å². The van der Waals surface area contributed by atoms with Gasteiger partial charge in [0.05, 0.1) is 4.90 Å². The van der Waals surface area contributed by atoms with E-state index >= 15 is 0 Å². The van der Waals surface area contributed by atoms with Gasteiger partial charge in [0, 0.05) is 19.1 Å². The lowest BCUT2D eigenvalue weighted by Gasteiger charge is -2.31. The second-order valence-electron chi connectivity index (χ2n) is 5.63. The predicted molar refractivity (Wildman–Crippen MR) is 86.0 cm³/mol. The number of piperidine rings is 1. The van der Waals surface area contributed by atoms with Gasteiger partial charge in [0.25, 0.3) is 0 Å². The molecule has 0 spiro atoms. The number of benzene rings is 1. The van der Waals surface area contributed by atoms with Crippen molar-refractivity contribution in [2.75, 3.05) is 20.1 Å². The van der Waals surface area contributed by atoms with Crippen LogP contribution in [0.15, 0.2) is 23.1 Å². The molecule has 1 saturated heterocycles. The first kappa shape index (κ1) is 16.5. The highest BCUT2D eigenvalue weighted by molar-refractivity contribution is 7.89. The maximum atomic E-state index is 12.8. The van der Waals surface area contributed by atoms with E-state index in [4.69, 9.17) is 0 Å². The molecule has 1 heterocycles. The van der Waals surface area contributed by atoms with Crippen LogP contribution in [0.2, 0.25) is 0 Å². The molecule has 1 aromatic carbocycles. The van der Waals surface area contributed by atoms with Gasteiger partial charge in [0.15, 0.2) is 0 Å². The Hall–Kier alpha value is -0.910. The second-order valence-corrected chi connectivity index (χ2v) is 7.57. The number of likely N-dealkylation sites (N-methyl/N-ethyl adjacent to an activating group) is 1. The number of hydrogen-bond acceptors (Lipinski definition) is 3. The van der Waals surface area contributed by atoms with Crippen LogP contribution in [0.4, 0.5) is 0 Å². The average Bonchev–Trinajstić information content (AvgIpc) is 2.54. The Kier molecular flexibility index (Phi) is 5.41. The van der Waals surface area contributed by atoms with Crippen LogP contribution in [-0.2, 0) is 22.9 Å². The molecule has 21 heavy (non-hydrogen) atoms. The van der Waals surface area contributed by atoms with Gasteiger partial charge in [-0.3, -0.25) is 0 Å². The molecule has 0 radical (unpaired) electrons. The number of nitrogens with one attached hydrogen (secondary N) is 1. The normalized spacial score (nSPS) is 20.6. The molecular formula is C16H26N2O2S. The summed E-state index contributed by atoms with van der Waals surface area (Å²) in [6, 6.07) is 5.84. The molecule has 0 amide bonds. The van der Waals surface area contributed by atoms with Gasteiger partial charge in [0.1, 0.15) is 0 Å². The summed E-state index contributed by atoms with van der Waals surface area (Å²) in [5.74, 6) is 0. The Morgan fingerprint density at radius 1 is 1.24 bits per heavy atom. The van der Waals surface area contributed by atoms with Crippen molar-refractivity contribution in [3.63, 3.8) is 0 Å². The highest BCUT2D eigenvalue weighted by Gasteiger charge is 2.29. The minimum absolute atomic E-state index is 0.258. The van der Waals surface area contributed by atoms with Crippen molar-refractivity contribution in [1.82, 2.24) is 9.62 Å². The van der Waals surface area contributed by atoms with Crippen molar-refractivity contribution >= 4 is 10.0 Å². The molecule has 5 heteroatoms. The predicted octanol–water partition coefficient (Wildman–Crippen LogP) is 2.18. The van der Waals surface area contributed by atoms with E-state index in [-0.39, 0.29) is 6.04 Å². The van der Waals surface area contributed by atoms with Gasteiger partial charge in [-0.2, -0.15) is 4.31 Å². The SMILES string of the molecule is CCc1ccc(S(=O)(=O)N2CCCC(NC)C2)cc1CC. The molecule has 118 valence electrons. The zero-order chi connectivity index (χ0) is 15.5. The summed E-state index contributed by atoms with van der Waals surface area (Å²) in [7, 11) is -1.47. The van der Waals surface area contributed by atoms with E-state index in [9.17, 15) is 8.42 Å². The van der Waals surface area contributed by atoms with Crippen LogP contribution in [0.3, 0.4) is 0 Å². The van der Waals surface area contributed by atoms with Gasteiger partial charge in [-0.15, -0.1) is 0 Å². The molecule has 4 nitrogen and oxygen atoms in total. The quantitative estimate of drug-likeness (QED) is 0.907. The van der Waals surface area contributed by atoms with Crippen molar-refractivity contribution in [3.8, 4) is 0 Å². The fourth-order valence-electron chi connectivity index (χ4n) is 2.98. The summed E-state index contributed by atoms with van der Waals surface area (Å²) in [5.41, 5.74) is 2.38. The van der Waals surface area contributed by atoms with Crippen LogP contribution in [0, 0.1) is 0 Å². The Labute approximate surface area is 128 Å². The topological polar surface area (TPSA) is 49.4 Å². The summed E-state index contributed by atoms with van der Waals surface area (Å²) >= 11 is 0. The Morgan fingerprint density at radius 3 is 2.57 bits per heavy atom. The van der Waals surface area contributed by atoms with Crippen LogP contribution in [0.25, 0.3) is 0 Å². The molecule has 0 aromatic heterocycles. The molecular weight excluding hydrogens is 284 g/mol. The zero-order valence-corrected chi connectivity index (χ0v) is 14.0. The first-order chi connectivity index (χ1) is 10.0. The molecule has 1 N–H and O–H groups in total. The monoisotopic (exact) mass is 310 g/mol. The number of aryl methyl sites for hydroxylation is 2. The maximum absolute atomic E-state index is 12.8. The van der Waals surface area contributed by atoms with E-state index in [1.54, 1.807) is 10.4 Å².